The predicted molar refractivity (Wildman–Crippen MR) is 152 cm³/mol. The molecule has 0 bridgehead atoms. The van der Waals surface area contributed by atoms with E-state index in [4.69, 9.17) is 9.47 Å². The molecule has 3 aromatic carbocycles. The van der Waals surface area contributed by atoms with Crippen LogP contribution in [0.4, 0.5) is 21.9 Å². The van der Waals surface area contributed by atoms with Gasteiger partial charge >= 0.3 is 17.7 Å². The first kappa shape index (κ1) is 30.3. The van der Waals surface area contributed by atoms with Gasteiger partial charge in [0.05, 0.1) is 45.4 Å². The number of hydrogen-bond donors (Lipinski definition) is 1. The first-order valence-corrected chi connectivity index (χ1v) is 12.9. The number of anilines is 1. The van der Waals surface area contributed by atoms with Crippen LogP contribution in [-0.2, 0) is 14.3 Å². The molecule has 15 nitrogen and oxygen atoms in total. The number of imide groups is 2. The first-order valence-electron chi connectivity index (χ1n) is 12.1. The predicted octanol–water partition coefficient (Wildman–Crippen LogP) is 4.91. The molecule has 1 saturated heterocycles. The van der Waals surface area contributed by atoms with Crippen LogP contribution in [0.3, 0.4) is 0 Å². The minimum atomic E-state index is -0.998. The summed E-state index contributed by atoms with van der Waals surface area (Å²) in [5, 5.41) is 24.7. The maximum absolute atomic E-state index is 13.3. The number of ether oxygens (including phenoxy) is 3. The zero-order valence-electron chi connectivity index (χ0n) is 22.2. The first-order chi connectivity index (χ1) is 20.4. The van der Waals surface area contributed by atoms with E-state index in [0.717, 1.165) is 23.1 Å². The number of urea groups is 1. The Hall–Kier alpha value is -5.64. The quantitative estimate of drug-likeness (QED) is 0.108. The number of methoxy groups -OCH3 is 1. The summed E-state index contributed by atoms with van der Waals surface area (Å²) in [5.74, 6) is -2.82. The molecule has 220 valence electrons. The van der Waals surface area contributed by atoms with Gasteiger partial charge in [0.1, 0.15) is 5.57 Å². The molecule has 4 amide bonds. The number of non-ortho nitro benzene ring substituents is 1. The van der Waals surface area contributed by atoms with Crippen molar-refractivity contribution in [3.05, 3.63) is 96.0 Å². The van der Waals surface area contributed by atoms with Gasteiger partial charge < -0.3 is 14.2 Å². The van der Waals surface area contributed by atoms with Crippen LogP contribution in [0.25, 0.3) is 6.08 Å². The fraction of sp³-hybridized carbons (Fsp3) is 0.111. The number of nitrogens with zero attached hydrogens (tertiary/aromatic N) is 3. The van der Waals surface area contributed by atoms with E-state index in [1.165, 1.54) is 49.6 Å². The smallest absolute Gasteiger partial charge is 0.337 e. The van der Waals surface area contributed by atoms with Gasteiger partial charge in [-0.3, -0.25) is 35.1 Å². The summed E-state index contributed by atoms with van der Waals surface area (Å²) in [6, 6.07) is 10.1. The molecule has 0 aromatic heterocycles. The lowest BCUT2D eigenvalue weighted by atomic mass is 10.1. The Morgan fingerprint density at radius 3 is 2.30 bits per heavy atom. The number of halogens is 1. The molecule has 1 fully saturated rings. The number of benzene rings is 3. The van der Waals surface area contributed by atoms with Gasteiger partial charge in [-0.2, -0.15) is 0 Å². The Balaban J connectivity index is 1.71. The highest BCUT2D eigenvalue weighted by atomic mass is 79.9. The number of rotatable bonds is 9. The molecule has 0 aliphatic carbocycles. The van der Waals surface area contributed by atoms with Gasteiger partial charge in [-0.15, -0.1) is 0 Å². The number of carbonyl (C=O) groups is 4. The van der Waals surface area contributed by atoms with Crippen LogP contribution >= 0.6 is 15.9 Å². The van der Waals surface area contributed by atoms with Gasteiger partial charge in [0, 0.05) is 6.07 Å². The Morgan fingerprint density at radius 2 is 1.70 bits per heavy atom. The number of carbonyl (C=O) groups excluding carboxylic acids is 4. The number of nitro benzene ring substituents is 2. The Kier molecular flexibility index (Phi) is 8.80. The second-order valence-corrected chi connectivity index (χ2v) is 9.38. The van der Waals surface area contributed by atoms with Crippen molar-refractivity contribution in [1.82, 2.24) is 5.32 Å². The van der Waals surface area contributed by atoms with Crippen LogP contribution in [0.1, 0.15) is 22.8 Å². The lowest BCUT2D eigenvalue weighted by molar-refractivity contribution is -0.394. The van der Waals surface area contributed by atoms with Gasteiger partial charge in [-0.25, -0.2) is 14.5 Å². The van der Waals surface area contributed by atoms with Crippen LogP contribution in [0.15, 0.2) is 64.6 Å². The number of nitrogens with one attached hydrogen (secondary N) is 1. The van der Waals surface area contributed by atoms with Crippen LogP contribution in [0.5, 0.6) is 17.2 Å². The summed E-state index contributed by atoms with van der Waals surface area (Å²) >= 11 is 3.30. The number of amides is 4. The summed E-state index contributed by atoms with van der Waals surface area (Å²) in [4.78, 5) is 72.0. The second kappa shape index (κ2) is 12.5. The highest BCUT2D eigenvalue weighted by molar-refractivity contribution is 9.10. The van der Waals surface area contributed by atoms with Crippen molar-refractivity contribution in [2.45, 2.75) is 6.92 Å². The highest BCUT2D eigenvalue weighted by Gasteiger charge is 2.37. The minimum Gasteiger partial charge on any atom is -0.490 e. The van der Waals surface area contributed by atoms with Gasteiger partial charge in [-0.1, -0.05) is 0 Å². The Bertz CT molecular complexity index is 1720. The fourth-order valence-corrected chi connectivity index (χ4v) is 4.46. The molecule has 1 N–H and O–H groups in total. The molecule has 1 heterocycles. The van der Waals surface area contributed by atoms with E-state index in [-0.39, 0.29) is 45.1 Å². The Labute approximate surface area is 250 Å². The van der Waals surface area contributed by atoms with Crippen LogP contribution < -0.4 is 19.7 Å². The van der Waals surface area contributed by atoms with E-state index in [2.05, 4.69) is 26.0 Å². The van der Waals surface area contributed by atoms with E-state index in [1.54, 1.807) is 6.92 Å². The number of barbiturate groups is 1. The second-order valence-electron chi connectivity index (χ2n) is 8.53. The molecule has 3 aromatic rings. The molecular formula is C27H19BrN4O11. The number of esters is 1. The largest absolute Gasteiger partial charge is 0.490 e. The molecule has 1 aliphatic rings. The zero-order valence-corrected chi connectivity index (χ0v) is 23.8. The van der Waals surface area contributed by atoms with Gasteiger partial charge in [-0.05, 0) is 77.0 Å². The fourth-order valence-electron chi connectivity index (χ4n) is 3.91. The molecule has 0 atom stereocenters. The van der Waals surface area contributed by atoms with Crippen molar-refractivity contribution >= 4 is 62.9 Å². The van der Waals surface area contributed by atoms with Crippen molar-refractivity contribution in [1.29, 1.82) is 0 Å². The maximum Gasteiger partial charge on any atom is 0.337 e. The summed E-state index contributed by atoms with van der Waals surface area (Å²) in [7, 11) is 1.20. The van der Waals surface area contributed by atoms with E-state index >= 15 is 0 Å². The molecule has 1 aliphatic heterocycles. The number of hydrogen-bond acceptors (Lipinski definition) is 11. The average molecular weight is 655 g/mol. The van der Waals surface area contributed by atoms with Crippen LogP contribution in [0.2, 0.25) is 0 Å². The highest BCUT2D eigenvalue weighted by Crippen LogP contribution is 2.43. The third-order valence-electron chi connectivity index (χ3n) is 5.85. The van der Waals surface area contributed by atoms with E-state index in [1.807, 2.05) is 0 Å². The molecular weight excluding hydrogens is 636 g/mol. The normalized spacial score (nSPS) is 13.9. The minimum absolute atomic E-state index is 0.0251. The topological polar surface area (TPSA) is 198 Å². The van der Waals surface area contributed by atoms with Crippen molar-refractivity contribution in [3.63, 3.8) is 0 Å². The molecule has 16 heteroatoms. The maximum atomic E-state index is 13.3. The zero-order chi connectivity index (χ0) is 31.4. The lowest BCUT2D eigenvalue weighted by Gasteiger charge is -2.26. The average Bonchev–Trinajstić information content (AvgIpc) is 2.96. The van der Waals surface area contributed by atoms with Crippen molar-refractivity contribution < 1.29 is 43.2 Å². The van der Waals surface area contributed by atoms with E-state index in [9.17, 15) is 39.4 Å². The van der Waals surface area contributed by atoms with Crippen molar-refractivity contribution in [2.24, 2.45) is 0 Å². The van der Waals surface area contributed by atoms with Crippen molar-refractivity contribution in [3.8, 4) is 17.2 Å². The molecule has 0 unspecified atom stereocenters. The molecule has 0 radical (unpaired) electrons. The summed E-state index contributed by atoms with van der Waals surface area (Å²) < 4.78 is 16.2. The SMILES string of the molecule is CCOc1cc(/C=C2\C(=O)NC(=O)N(c3ccc(C(=O)OC)cc3)C2=O)cc(Br)c1Oc1ccc([N+](=O)[O-])cc1[N+](=O)[O-]. The monoisotopic (exact) mass is 654 g/mol. The summed E-state index contributed by atoms with van der Waals surface area (Å²) in [6.45, 7) is 1.78. The Morgan fingerprint density at radius 1 is 1.00 bits per heavy atom. The van der Waals surface area contributed by atoms with E-state index in [0.29, 0.717) is 0 Å². The third-order valence-corrected chi connectivity index (χ3v) is 6.44. The lowest BCUT2D eigenvalue weighted by Crippen LogP contribution is -2.54. The van der Waals surface area contributed by atoms with Gasteiger partial charge in [0.15, 0.2) is 11.5 Å². The third kappa shape index (κ3) is 6.33. The van der Waals surface area contributed by atoms with Crippen molar-refractivity contribution in [2.75, 3.05) is 18.6 Å². The summed E-state index contributed by atoms with van der Waals surface area (Å²) in [6.07, 6.45) is 1.20. The molecule has 0 saturated carbocycles. The molecule has 4 rings (SSSR count). The van der Waals surface area contributed by atoms with E-state index < -0.39 is 50.6 Å². The number of nitro groups is 2. The van der Waals surface area contributed by atoms with Gasteiger partial charge in [0.2, 0.25) is 5.75 Å². The van der Waals surface area contributed by atoms with Crippen LogP contribution in [-0.4, -0.2) is 47.4 Å². The molecule has 0 spiro atoms. The molecule has 43 heavy (non-hydrogen) atoms. The standard InChI is InChI=1S/C27H19BrN4O11/c1-3-42-22-12-14(11-19(28)23(22)43-21-9-8-17(31(37)38)13-20(21)32(39)40)10-18-24(33)29-27(36)30(25(18)34)16-6-4-15(5-7-16)26(35)41-2/h4-13H,3H2,1-2H3,(H,29,33,36)/b18-10+. The summed E-state index contributed by atoms with van der Waals surface area (Å²) in [5.41, 5.74) is -1.08. The van der Waals surface area contributed by atoms with Crippen LogP contribution in [0, 0.1) is 20.2 Å². The van der Waals surface area contributed by atoms with Gasteiger partial charge in [0.25, 0.3) is 17.5 Å².